The molecule has 1 aromatic heterocycles. The van der Waals surface area contributed by atoms with Crippen molar-refractivity contribution in [2.45, 2.75) is 18.5 Å². The van der Waals surface area contributed by atoms with Crippen molar-refractivity contribution in [3.05, 3.63) is 42.1 Å². The van der Waals surface area contributed by atoms with Crippen LogP contribution in [0.3, 0.4) is 0 Å². The van der Waals surface area contributed by atoms with Crippen LogP contribution in [-0.2, 0) is 0 Å². The molecule has 1 aromatic carbocycles. The summed E-state index contributed by atoms with van der Waals surface area (Å²) in [6, 6.07) is 10.4. The van der Waals surface area contributed by atoms with E-state index in [9.17, 15) is 4.79 Å². The van der Waals surface area contributed by atoms with Crippen LogP contribution in [0.1, 0.15) is 18.0 Å². The summed E-state index contributed by atoms with van der Waals surface area (Å²) >= 11 is 1.16. The number of hydrogen-bond acceptors (Lipinski definition) is 5. The van der Waals surface area contributed by atoms with Crippen molar-refractivity contribution in [3.63, 3.8) is 0 Å². The van der Waals surface area contributed by atoms with Gasteiger partial charge in [0.05, 0.1) is 18.3 Å². The normalized spacial score (nSPS) is 22.1. The first kappa shape index (κ1) is 14.0. The minimum Gasteiger partial charge on any atom is -0.333 e. The van der Waals surface area contributed by atoms with E-state index >= 15 is 0 Å². The molecule has 0 bridgehead atoms. The Morgan fingerprint density at radius 2 is 2.19 bits per heavy atom. The van der Waals surface area contributed by atoms with Gasteiger partial charge >= 0.3 is 6.03 Å². The molecule has 21 heavy (non-hydrogen) atoms. The molecule has 3 rings (SSSR count). The first-order chi connectivity index (χ1) is 10.2. The molecule has 1 aliphatic heterocycles. The monoisotopic (exact) mass is 303 g/mol. The summed E-state index contributed by atoms with van der Waals surface area (Å²) in [6.07, 6.45) is 2.48. The van der Waals surface area contributed by atoms with Gasteiger partial charge in [0.1, 0.15) is 5.00 Å². The molecule has 2 unspecified atom stereocenters. The third-order valence-corrected chi connectivity index (χ3v) is 4.28. The second kappa shape index (κ2) is 6.19. The number of nitrogens with zero attached hydrogens (tertiary/aromatic N) is 3. The van der Waals surface area contributed by atoms with E-state index in [1.807, 2.05) is 18.2 Å². The summed E-state index contributed by atoms with van der Waals surface area (Å²) in [5, 5.41) is 10.2. The number of nitrogens with one attached hydrogen (secondary N) is 2. The van der Waals surface area contributed by atoms with Crippen molar-refractivity contribution in [3.8, 4) is 0 Å². The topological polar surface area (TPSA) is 70.2 Å². The van der Waals surface area contributed by atoms with E-state index in [0.717, 1.165) is 24.5 Å². The van der Waals surface area contributed by atoms with Gasteiger partial charge in [0.15, 0.2) is 0 Å². The zero-order valence-electron chi connectivity index (χ0n) is 11.7. The van der Waals surface area contributed by atoms with E-state index < -0.39 is 0 Å². The van der Waals surface area contributed by atoms with Crippen molar-refractivity contribution >= 4 is 22.6 Å². The van der Waals surface area contributed by atoms with Crippen LogP contribution < -0.4 is 10.6 Å². The van der Waals surface area contributed by atoms with E-state index in [-0.39, 0.29) is 18.1 Å². The van der Waals surface area contributed by atoms with Gasteiger partial charge in [-0.25, -0.2) is 4.79 Å². The van der Waals surface area contributed by atoms with Crippen LogP contribution >= 0.6 is 11.5 Å². The van der Waals surface area contributed by atoms with Gasteiger partial charge in [-0.05, 0) is 19.0 Å². The quantitative estimate of drug-likeness (QED) is 0.911. The third-order valence-electron chi connectivity index (χ3n) is 3.70. The summed E-state index contributed by atoms with van der Waals surface area (Å²) in [5.41, 5.74) is 1.22. The van der Waals surface area contributed by atoms with Crippen molar-refractivity contribution in [2.24, 2.45) is 0 Å². The van der Waals surface area contributed by atoms with E-state index in [1.54, 1.807) is 6.20 Å². The van der Waals surface area contributed by atoms with E-state index in [4.69, 9.17) is 0 Å². The Hall–Kier alpha value is -1.99. The molecule has 7 heteroatoms. The second-order valence-corrected chi connectivity index (χ2v) is 5.90. The molecule has 110 valence electrons. The van der Waals surface area contributed by atoms with Gasteiger partial charge in [-0.15, -0.1) is 5.10 Å². The molecule has 2 amide bonds. The number of carbonyl (C=O) groups excluding carboxylic acids is 1. The van der Waals surface area contributed by atoms with E-state index in [0.29, 0.717) is 5.00 Å². The maximum absolute atomic E-state index is 12.1. The number of rotatable bonds is 3. The Balaban J connectivity index is 1.68. The lowest BCUT2D eigenvalue weighted by atomic mass is 10.0. The highest BCUT2D eigenvalue weighted by molar-refractivity contribution is 7.10. The van der Waals surface area contributed by atoms with Gasteiger partial charge in [0.25, 0.3) is 0 Å². The molecule has 6 nitrogen and oxygen atoms in total. The first-order valence-corrected chi connectivity index (χ1v) is 7.61. The highest BCUT2D eigenvalue weighted by atomic mass is 32.1. The average Bonchev–Trinajstić information content (AvgIpc) is 3.10. The fourth-order valence-electron chi connectivity index (χ4n) is 2.77. The maximum Gasteiger partial charge on any atom is 0.320 e. The molecule has 1 fully saturated rings. The SMILES string of the molecule is CN1CCC(NC(=O)Nc2cnns2)C1c1ccccc1. The molecule has 1 saturated heterocycles. The highest BCUT2D eigenvalue weighted by Crippen LogP contribution is 2.30. The lowest BCUT2D eigenvalue weighted by Gasteiger charge is -2.26. The second-order valence-electron chi connectivity index (χ2n) is 5.11. The number of aromatic nitrogens is 2. The van der Waals surface area contributed by atoms with Gasteiger partial charge in [-0.1, -0.05) is 34.8 Å². The van der Waals surface area contributed by atoms with Crippen LogP contribution in [0.2, 0.25) is 0 Å². The van der Waals surface area contributed by atoms with Gasteiger partial charge < -0.3 is 5.32 Å². The van der Waals surface area contributed by atoms with E-state index in [1.165, 1.54) is 5.56 Å². The Morgan fingerprint density at radius 1 is 1.38 bits per heavy atom. The third kappa shape index (κ3) is 3.20. The number of urea groups is 1. The number of amides is 2. The van der Waals surface area contributed by atoms with Gasteiger partial charge in [0.2, 0.25) is 0 Å². The van der Waals surface area contributed by atoms with Gasteiger partial charge in [-0.2, -0.15) is 0 Å². The highest BCUT2D eigenvalue weighted by Gasteiger charge is 2.33. The smallest absolute Gasteiger partial charge is 0.320 e. The van der Waals surface area contributed by atoms with Crippen LogP contribution in [-0.4, -0.2) is 40.2 Å². The summed E-state index contributed by atoms with van der Waals surface area (Å²) in [4.78, 5) is 14.3. The minimum atomic E-state index is -0.206. The molecular weight excluding hydrogens is 286 g/mol. The molecule has 2 heterocycles. The Bertz CT molecular complexity index is 589. The zero-order chi connectivity index (χ0) is 14.7. The molecule has 2 atom stereocenters. The Morgan fingerprint density at radius 3 is 2.90 bits per heavy atom. The number of benzene rings is 1. The largest absolute Gasteiger partial charge is 0.333 e. The molecule has 1 aliphatic rings. The zero-order valence-corrected chi connectivity index (χ0v) is 12.5. The summed E-state index contributed by atoms with van der Waals surface area (Å²) in [6.45, 7) is 0.965. The lowest BCUT2D eigenvalue weighted by Crippen LogP contribution is -2.41. The Labute approximate surface area is 127 Å². The minimum absolute atomic E-state index is 0.0956. The van der Waals surface area contributed by atoms with Crippen LogP contribution in [0.5, 0.6) is 0 Å². The first-order valence-electron chi connectivity index (χ1n) is 6.84. The molecule has 0 saturated carbocycles. The molecule has 0 spiro atoms. The predicted molar refractivity (Wildman–Crippen MR) is 82.3 cm³/mol. The molecule has 2 N–H and O–H groups in total. The van der Waals surface area contributed by atoms with Gasteiger partial charge in [0, 0.05) is 18.1 Å². The fraction of sp³-hybridized carbons (Fsp3) is 0.357. The van der Waals surface area contributed by atoms with Crippen LogP contribution in [0.15, 0.2) is 36.5 Å². The predicted octanol–water partition coefficient (Wildman–Crippen LogP) is 2.10. The van der Waals surface area contributed by atoms with Crippen LogP contribution in [0.4, 0.5) is 9.80 Å². The lowest BCUT2D eigenvalue weighted by molar-refractivity contribution is 0.240. The number of hydrogen-bond donors (Lipinski definition) is 2. The maximum atomic E-state index is 12.1. The molecular formula is C14H17N5OS. The summed E-state index contributed by atoms with van der Waals surface area (Å²) in [5.74, 6) is 0. The number of likely N-dealkylation sites (tertiary alicyclic amines) is 1. The van der Waals surface area contributed by atoms with Crippen LogP contribution in [0, 0.1) is 0 Å². The molecule has 2 aromatic rings. The number of carbonyl (C=O) groups is 1. The average molecular weight is 303 g/mol. The van der Waals surface area contributed by atoms with Crippen molar-refractivity contribution < 1.29 is 4.79 Å². The van der Waals surface area contributed by atoms with Crippen LogP contribution in [0.25, 0.3) is 0 Å². The standard InChI is InChI=1S/C14H17N5OS/c1-19-8-7-11(13(19)10-5-3-2-4-6-10)16-14(20)17-12-9-15-18-21-12/h2-6,9,11,13H,7-8H2,1H3,(H2,16,17,20). The van der Waals surface area contributed by atoms with Crippen molar-refractivity contribution in [1.82, 2.24) is 19.8 Å². The van der Waals surface area contributed by atoms with Crippen molar-refractivity contribution in [1.29, 1.82) is 0 Å². The Kier molecular flexibility index (Phi) is 4.12. The number of anilines is 1. The molecule has 0 radical (unpaired) electrons. The summed E-state index contributed by atoms with van der Waals surface area (Å²) < 4.78 is 3.72. The van der Waals surface area contributed by atoms with E-state index in [2.05, 4.69) is 44.3 Å². The van der Waals surface area contributed by atoms with Crippen molar-refractivity contribution in [2.75, 3.05) is 18.9 Å². The fourth-order valence-corrected chi connectivity index (χ4v) is 3.19. The number of likely N-dealkylation sites (N-methyl/N-ethyl adjacent to an activating group) is 1. The van der Waals surface area contributed by atoms with Gasteiger partial charge in [-0.3, -0.25) is 10.2 Å². The summed E-state index contributed by atoms with van der Waals surface area (Å²) in [7, 11) is 2.09. The molecule has 0 aliphatic carbocycles.